The Morgan fingerprint density at radius 2 is 2.15 bits per heavy atom. The number of carbonyl (C=O) groups excluding carboxylic acids is 1. The Hall–Kier alpha value is -0.710. The lowest BCUT2D eigenvalue weighted by atomic mass is 10.3. The number of amides is 1. The quantitative estimate of drug-likeness (QED) is 0.681. The van der Waals surface area contributed by atoms with Crippen molar-refractivity contribution in [1.82, 2.24) is 5.32 Å². The second kappa shape index (κ2) is 3.21. The lowest BCUT2D eigenvalue weighted by molar-refractivity contribution is -0.125. The molecule has 5 heteroatoms. The standard InChI is InChI=1S/C8H13F2NO2/c1-4(3-12)11-7(13)6-5(2)8(6,9)10/h4-6,12H,3H2,1-2H3,(H,11,13)/t4-,5?,6?/m0/s1. The van der Waals surface area contributed by atoms with Crippen LogP contribution in [-0.2, 0) is 4.79 Å². The highest BCUT2D eigenvalue weighted by Gasteiger charge is 2.69. The van der Waals surface area contributed by atoms with Gasteiger partial charge >= 0.3 is 0 Å². The number of hydrogen-bond acceptors (Lipinski definition) is 2. The fraction of sp³-hybridized carbons (Fsp3) is 0.875. The van der Waals surface area contributed by atoms with E-state index in [1.165, 1.54) is 6.92 Å². The van der Waals surface area contributed by atoms with E-state index in [2.05, 4.69) is 5.32 Å². The van der Waals surface area contributed by atoms with E-state index in [4.69, 9.17) is 5.11 Å². The average molecular weight is 193 g/mol. The van der Waals surface area contributed by atoms with Crippen molar-refractivity contribution >= 4 is 5.91 Å². The van der Waals surface area contributed by atoms with Crippen molar-refractivity contribution in [2.24, 2.45) is 11.8 Å². The normalized spacial score (nSPS) is 32.4. The van der Waals surface area contributed by atoms with Crippen LogP contribution in [0.1, 0.15) is 13.8 Å². The highest BCUT2D eigenvalue weighted by atomic mass is 19.3. The molecule has 0 bridgehead atoms. The van der Waals surface area contributed by atoms with Gasteiger partial charge in [0.1, 0.15) is 5.92 Å². The molecule has 1 rings (SSSR count). The highest BCUT2D eigenvalue weighted by molar-refractivity contribution is 5.83. The van der Waals surface area contributed by atoms with Crippen molar-refractivity contribution in [3.05, 3.63) is 0 Å². The first-order chi connectivity index (χ1) is 5.91. The van der Waals surface area contributed by atoms with Crippen molar-refractivity contribution in [3.63, 3.8) is 0 Å². The fourth-order valence-corrected chi connectivity index (χ4v) is 1.26. The first-order valence-electron chi connectivity index (χ1n) is 4.20. The predicted octanol–water partition coefficient (Wildman–Crippen LogP) is 0.385. The molecule has 0 saturated heterocycles. The SMILES string of the molecule is CC1C(C(=O)N[C@@H](C)CO)C1(F)F. The third-order valence-corrected chi connectivity index (χ3v) is 2.36. The van der Waals surface area contributed by atoms with Crippen molar-refractivity contribution in [1.29, 1.82) is 0 Å². The molecule has 1 fully saturated rings. The van der Waals surface area contributed by atoms with Crippen molar-refractivity contribution in [2.45, 2.75) is 25.8 Å². The van der Waals surface area contributed by atoms with Gasteiger partial charge < -0.3 is 10.4 Å². The number of alkyl halides is 2. The van der Waals surface area contributed by atoms with Crippen LogP contribution in [0, 0.1) is 11.8 Å². The van der Waals surface area contributed by atoms with Crippen molar-refractivity contribution in [3.8, 4) is 0 Å². The van der Waals surface area contributed by atoms with Crippen molar-refractivity contribution < 1.29 is 18.7 Å². The predicted molar refractivity (Wildman–Crippen MR) is 42.3 cm³/mol. The smallest absolute Gasteiger partial charge is 0.263 e. The van der Waals surface area contributed by atoms with E-state index in [0.717, 1.165) is 0 Å². The summed E-state index contributed by atoms with van der Waals surface area (Å²) in [6.07, 6.45) is 0. The number of aliphatic hydroxyl groups is 1. The summed E-state index contributed by atoms with van der Waals surface area (Å²) in [5.41, 5.74) is 0. The molecule has 0 spiro atoms. The first-order valence-corrected chi connectivity index (χ1v) is 4.20. The molecule has 0 aromatic heterocycles. The minimum absolute atomic E-state index is 0.238. The summed E-state index contributed by atoms with van der Waals surface area (Å²) < 4.78 is 25.3. The van der Waals surface area contributed by atoms with Gasteiger partial charge in [0.2, 0.25) is 5.91 Å². The van der Waals surface area contributed by atoms with Gasteiger partial charge in [-0.05, 0) is 6.92 Å². The zero-order valence-corrected chi connectivity index (χ0v) is 7.55. The zero-order chi connectivity index (χ0) is 10.2. The third kappa shape index (κ3) is 1.80. The van der Waals surface area contributed by atoms with E-state index in [1.54, 1.807) is 6.92 Å². The Kier molecular flexibility index (Phi) is 2.56. The molecule has 3 atom stereocenters. The van der Waals surface area contributed by atoms with Gasteiger partial charge in [-0.1, -0.05) is 6.92 Å². The topological polar surface area (TPSA) is 49.3 Å². The van der Waals surface area contributed by atoms with Crippen LogP contribution in [0.3, 0.4) is 0 Å². The number of halogens is 2. The van der Waals surface area contributed by atoms with Gasteiger partial charge in [-0.25, -0.2) is 8.78 Å². The fourth-order valence-electron chi connectivity index (χ4n) is 1.26. The molecule has 0 radical (unpaired) electrons. The number of carbonyl (C=O) groups is 1. The van der Waals surface area contributed by atoms with Crippen LogP contribution < -0.4 is 5.32 Å². The van der Waals surface area contributed by atoms with E-state index in [-0.39, 0.29) is 6.61 Å². The summed E-state index contributed by atoms with van der Waals surface area (Å²) in [5.74, 6) is -5.61. The number of aliphatic hydroxyl groups excluding tert-OH is 1. The van der Waals surface area contributed by atoms with E-state index in [9.17, 15) is 13.6 Å². The molecule has 2 N–H and O–H groups in total. The Morgan fingerprint density at radius 1 is 1.69 bits per heavy atom. The highest BCUT2D eigenvalue weighted by Crippen LogP contribution is 2.54. The molecule has 1 saturated carbocycles. The second-order valence-electron chi connectivity index (χ2n) is 3.53. The number of hydrogen-bond donors (Lipinski definition) is 2. The second-order valence-corrected chi connectivity index (χ2v) is 3.53. The van der Waals surface area contributed by atoms with E-state index < -0.39 is 29.7 Å². The zero-order valence-electron chi connectivity index (χ0n) is 7.55. The largest absolute Gasteiger partial charge is 0.394 e. The molecule has 76 valence electrons. The molecule has 0 aromatic carbocycles. The van der Waals surface area contributed by atoms with Crippen LogP contribution in [0.5, 0.6) is 0 Å². The van der Waals surface area contributed by atoms with Gasteiger partial charge in [-0.3, -0.25) is 4.79 Å². The first kappa shape index (κ1) is 10.4. The van der Waals surface area contributed by atoms with Crippen LogP contribution in [0.25, 0.3) is 0 Å². The van der Waals surface area contributed by atoms with Gasteiger partial charge in [0.15, 0.2) is 0 Å². The van der Waals surface area contributed by atoms with E-state index in [0.29, 0.717) is 0 Å². The lowest BCUT2D eigenvalue weighted by Crippen LogP contribution is -2.37. The van der Waals surface area contributed by atoms with E-state index in [1.807, 2.05) is 0 Å². The van der Waals surface area contributed by atoms with Gasteiger partial charge in [0.25, 0.3) is 5.92 Å². The summed E-state index contributed by atoms with van der Waals surface area (Å²) in [6.45, 7) is 2.66. The molecular formula is C8H13F2NO2. The van der Waals surface area contributed by atoms with Crippen LogP contribution in [0.4, 0.5) is 8.78 Å². The number of nitrogens with one attached hydrogen (secondary N) is 1. The maximum atomic E-state index is 12.7. The monoisotopic (exact) mass is 193 g/mol. The van der Waals surface area contributed by atoms with Crippen LogP contribution in [-0.4, -0.2) is 29.6 Å². The van der Waals surface area contributed by atoms with Crippen LogP contribution >= 0.6 is 0 Å². The van der Waals surface area contributed by atoms with Gasteiger partial charge in [0.05, 0.1) is 6.61 Å². The molecule has 1 aliphatic carbocycles. The van der Waals surface area contributed by atoms with Crippen LogP contribution in [0.15, 0.2) is 0 Å². The molecule has 3 nitrogen and oxygen atoms in total. The maximum Gasteiger partial charge on any atom is 0.263 e. The minimum atomic E-state index is -2.86. The Labute approximate surface area is 75.1 Å². The van der Waals surface area contributed by atoms with Crippen LogP contribution in [0.2, 0.25) is 0 Å². The summed E-state index contributed by atoms with van der Waals surface area (Å²) in [6, 6.07) is -0.462. The lowest BCUT2D eigenvalue weighted by Gasteiger charge is -2.09. The molecule has 0 aliphatic heterocycles. The molecule has 1 aliphatic rings. The van der Waals surface area contributed by atoms with Gasteiger partial charge in [-0.15, -0.1) is 0 Å². The Balaban J connectivity index is 2.43. The summed E-state index contributed by atoms with van der Waals surface area (Å²) in [7, 11) is 0. The average Bonchev–Trinajstić information content (AvgIpc) is 2.51. The molecule has 13 heavy (non-hydrogen) atoms. The molecule has 1 amide bonds. The minimum Gasteiger partial charge on any atom is -0.394 e. The third-order valence-electron chi connectivity index (χ3n) is 2.36. The summed E-state index contributed by atoms with van der Waals surface area (Å²) >= 11 is 0. The molecule has 0 aromatic rings. The summed E-state index contributed by atoms with van der Waals surface area (Å²) in [5, 5.41) is 10.9. The Morgan fingerprint density at radius 3 is 2.46 bits per heavy atom. The molecule has 0 heterocycles. The Bertz CT molecular complexity index is 220. The molecule has 2 unspecified atom stereocenters. The summed E-state index contributed by atoms with van der Waals surface area (Å²) in [4.78, 5) is 11.1. The van der Waals surface area contributed by atoms with Gasteiger partial charge in [0, 0.05) is 12.0 Å². The van der Waals surface area contributed by atoms with Crippen molar-refractivity contribution in [2.75, 3.05) is 6.61 Å². The van der Waals surface area contributed by atoms with Gasteiger partial charge in [-0.2, -0.15) is 0 Å². The maximum absolute atomic E-state index is 12.7. The molecular weight excluding hydrogens is 180 g/mol. The number of rotatable bonds is 3. The van der Waals surface area contributed by atoms with E-state index >= 15 is 0 Å².